The largest absolute Gasteiger partial charge is 0.352 e. The number of fused-ring (bicyclic) bond motifs is 3. The van der Waals surface area contributed by atoms with Crippen LogP contribution in [0.4, 0.5) is 0 Å². The van der Waals surface area contributed by atoms with Gasteiger partial charge in [0, 0.05) is 34.4 Å². The molecule has 0 radical (unpaired) electrons. The van der Waals surface area contributed by atoms with E-state index in [1.54, 1.807) is 40.4 Å². The highest BCUT2D eigenvalue weighted by molar-refractivity contribution is 7.18. The van der Waals surface area contributed by atoms with E-state index in [0.29, 0.717) is 23.1 Å². The van der Waals surface area contributed by atoms with Crippen molar-refractivity contribution in [3.63, 3.8) is 0 Å². The normalized spacial score (nSPS) is 13.5. The Morgan fingerprint density at radius 1 is 1.25 bits per heavy atom. The topological polar surface area (TPSA) is 64.0 Å². The molecule has 1 aliphatic carbocycles. The molecule has 8 heteroatoms. The van der Waals surface area contributed by atoms with Crippen LogP contribution in [0.3, 0.4) is 0 Å². The minimum atomic E-state index is -0.148. The van der Waals surface area contributed by atoms with E-state index in [9.17, 15) is 9.59 Å². The Hall–Kier alpha value is -1.89. The number of amides is 1. The summed E-state index contributed by atoms with van der Waals surface area (Å²) < 4.78 is 1.54. The van der Waals surface area contributed by atoms with Crippen molar-refractivity contribution >= 4 is 50.7 Å². The Morgan fingerprint density at radius 2 is 2.07 bits per heavy atom. The van der Waals surface area contributed by atoms with Gasteiger partial charge in [-0.15, -0.1) is 11.3 Å². The Bertz CT molecular complexity index is 1110. The van der Waals surface area contributed by atoms with E-state index in [1.165, 1.54) is 16.9 Å². The van der Waals surface area contributed by atoms with Crippen molar-refractivity contribution in [3.8, 4) is 0 Å². The first-order valence-corrected chi connectivity index (χ1v) is 10.8. The molecule has 2 heterocycles. The fraction of sp³-hybridized carbons (Fsp3) is 0.350. The smallest absolute Gasteiger partial charge is 0.262 e. The van der Waals surface area contributed by atoms with Gasteiger partial charge in [0.1, 0.15) is 4.83 Å². The Balaban J connectivity index is 1.43. The Morgan fingerprint density at radius 3 is 2.89 bits per heavy atom. The van der Waals surface area contributed by atoms with E-state index in [0.717, 1.165) is 35.0 Å². The van der Waals surface area contributed by atoms with E-state index >= 15 is 0 Å². The highest BCUT2D eigenvalue weighted by Gasteiger charge is 2.20. The molecule has 0 fully saturated rings. The lowest BCUT2D eigenvalue weighted by molar-refractivity contribution is -0.121. The molecule has 4 rings (SSSR count). The zero-order valence-corrected chi connectivity index (χ0v) is 17.5. The molecule has 5 nitrogen and oxygen atoms in total. The van der Waals surface area contributed by atoms with E-state index in [4.69, 9.17) is 23.2 Å². The van der Waals surface area contributed by atoms with Gasteiger partial charge in [-0.05, 0) is 48.9 Å². The fourth-order valence-electron chi connectivity index (χ4n) is 3.51. The first kappa shape index (κ1) is 19.4. The number of carbonyl (C=O) groups excluding carboxylic acids is 1. The molecule has 0 unspecified atom stereocenters. The SMILES string of the molecule is O=C(CCn1cnc2sc3c(c2c1=O)CCCC3)NCc1ccc(Cl)cc1Cl. The van der Waals surface area contributed by atoms with Crippen LogP contribution < -0.4 is 10.9 Å². The average molecular weight is 436 g/mol. The number of aromatic nitrogens is 2. The summed E-state index contributed by atoms with van der Waals surface area (Å²) in [5.74, 6) is -0.148. The molecule has 0 spiro atoms. The highest BCUT2D eigenvalue weighted by atomic mass is 35.5. The van der Waals surface area contributed by atoms with E-state index in [1.807, 2.05) is 0 Å². The maximum atomic E-state index is 12.9. The van der Waals surface area contributed by atoms with Gasteiger partial charge in [-0.2, -0.15) is 0 Å². The molecule has 0 saturated heterocycles. The predicted molar refractivity (Wildman–Crippen MR) is 113 cm³/mol. The maximum absolute atomic E-state index is 12.9. The van der Waals surface area contributed by atoms with Crippen molar-refractivity contribution in [1.82, 2.24) is 14.9 Å². The Kier molecular flexibility index (Phi) is 5.71. The molecule has 1 N–H and O–H groups in total. The first-order chi connectivity index (χ1) is 13.5. The van der Waals surface area contributed by atoms with Crippen molar-refractivity contribution in [1.29, 1.82) is 0 Å². The number of nitrogens with one attached hydrogen (secondary N) is 1. The molecule has 1 amide bonds. The molecule has 0 atom stereocenters. The minimum Gasteiger partial charge on any atom is -0.352 e. The quantitative estimate of drug-likeness (QED) is 0.647. The third-order valence-electron chi connectivity index (χ3n) is 5.01. The lowest BCUT2D eigenvalue weighted by Crippen LogP contribution is -2.27. The number of nitrogens with zero attached hydrogens (tertiary/aromatic N) is 2. The van der Waals surface area contributed by atoms with E-state index in [2.05, 4.69) is 10.3 Å². The number of benzene rings is 1. The molecular formula is C20H19Cl2N3O2S. The van der Waals surface area contributed by atoms with Crippen molar-refractivity contribution in [3.05, 3.63) is 60.9 Å². The zero-order valence-electron chi connectivity index (χ0n) is 15.1. The van der Waals surface area contributed by atoms with Gasteiger partial charge in [0.05, 0.1) is 11.7 Å². The van der Waals surface area contributed by atoms with Gasteiger partial charge in [-0.3, -0.25) is 14.2 Å². The molecule has 2 aromatic heterocycles. The molecule has 146 valence electrons. The third kappa shape index (κ3) is 3.95. The van der Waals surface area contributed by atoms with E-state index in [-0.39, 0.29) is 17.9 Å². The standard InChI is InChI=1S/C20H19Cl2N3O2S/c21-13-6-5-12(15(22)9-13)10-23-17(26)7-8-25-11-24-19-18(20(25)27)14-3-1-2-4-16(14)28-19/h5-6,9,11H,1-4,7-8,10H2,(H,23,26). The van der Waals surface area contributed by atoms with Gasteiger partial charge in [-0.25, -0.2) is 4.98 Å². The second kappa shape index (κ2) is 8.23. The molecular weight excluding hydrogens is 417 g/mol. The van der Waals surface area contributed by atoms with Crippen LogP contribution in [-0.2, 0) is 30.7 Å². The lowest BCUT2D eigenvalue weighted by atomic mass is 9.97. The molecule has 0 saturated carbocycles. The van der Waals surface area contributed by atoms with Crippen molar-refractivity contribution in [2.24, 2.45) is 0 Å². The van der Waals surface area contributed by atoms with Gasteiger partial charge < -0.3 is 5.32 Å². The number of carbonyl (C=O) groups is 1. The fourth-order valence-corrected chi connectivity index (χ4v) is 5.20. The third-order valence-corrected chi connectivity index (χ3v) is 6.80. The predicted octanol–water partition coefficient (Wildman–Crippen LogP) is 4.35. The Labute approximate surface area is 176 Å². The molecule has 1 aromatic carbocycles. The summed E-state index contributed by atoms with van der Waals surface area (Å²) in [7, 11) is 0. The van der Waals surface area contributed by atoms with Crippen LogP contribution in [0, 0.1) is 0 Å². The van der Waals surface area contributed by atoms with Crippen LogP contribution in [-0.4, -0.2) is 15.5 Å². The van der Waals surface area contributed by atoms with Crippen LogP contribution >= 0.6 is 34.5 Å². The molecule has 0 aliphatic heterocycles. The van der Waals surface area contributed by atoms with Crippen LogP contribution in [0.25, 0.3) is 10.2 Å². The first-order valence-electron chi connectivity index (χ1n) is 9.23. The number of hydrogen-bond acceptors (Lipinski definition) is 4. The van der Waals surface area contributed by atoms with Crippen molar-refractivity contribution < 1.29 is 4.79 Å². The van der Waals surface area contributed by atoms with Crippen LogP contribution in [0.5, 0.6) is 0 Å². The van der Waals surface area contributed by atoms with Gasteiger partial charge in [0.25, 0.3) is 5.56 Å². The number of rotatable bonds is 5. The van der Waals surface area contributed by atoms with Crippen LogP contribution in [0.1, 0.15) is 35.3 Å². The van der Waals surface area contributed by atoms with Crippen molar-refractivity contribution in [2.45, 2.75) is 45.2 Å². The average Bonchev–Trinajstić information content (AvgIpc) is 3.06. The number of hydrogen-bond donors (Lipinski definition) is 1. The number of aryl methyl sites for hydroxylation is 3. The maximum Gasteiger partial charge on any atom is 0.262 e. The molecule has 3 aromatic rings. The summed E-state index contributed by atoms with van der Waals surface area (Å²) >= 11 is 13.6. The molecule has 28 heavy (non-hydrogen) atoms. The highest BCUT2D eigenvalue weighted by Crippen LogP contribution is 2.33. The number of halogens is 2. The van der Waals surface area contributed by atoms with Crippen LogP contribution in [0.2, 0.25) is 10.0 Å². The van der Waals surface area contributed by atoms with Gasteiger partial charge in [0.2, 0.25) is 5.91 Å². The lowest BCUT2D eigenvalue weighted by Gasteiger charge is -2.11. The summed E-state index contributed by atoms with van der Waals surface area (Å²) in [6.45, 7) is 0.617. The summed E-state index contributed by atoms with van der Waals surface area (Å²) in [6.07, 6.45) is 6.01. The van der Waals surface area contributed by atoms with Gasteiger partial charge in [-0.1, -0.05) is 29.3 Å². The van der Waals surface area contributed by atoms with Gasteiger partial charge >= 0.3 is 0 Å². The summed E-state index contributed by atoms with van der Waals surface area (Å²) in [4.78, 5) is 31.7. The molecule has 1 aliphatic rings. The monoisotopic (exact) mass is 435 g/mol. The summed E-state index contributed by atoms with van der Waals surface area (Å²) in [5, 5.41) is 4.65. The van der Waals surface area contributed by atoms with Crippen molar-refractivity contribution in [2.75, 3.05) is 0 Å². The number of thiophene rings is 1. The molecule has 0 bridgehead atoms. The minimum absolute atomic E-state index is 0.0436. The zero-order chi connectivity index (χ0) is 19.7. The van der Waals surface area contributed by atoms with Crippen LogP contribution in [0.15, 0.2) is 29.3 Å². The summed E-state index contributed by atoms with van der Waals surface area (Å²) in [5.41, 5.74) is 1.92. The summed E-state index contributed by atoms with van der Waals surface area (Å²) in [6, 6.07) is 5.16. The van der Waals surface area contributed by atoms with E-state index < -0.39 is 0 Å². The second-order valence-electron chi connectivity index (χ2n) is 6.90. The van der Waals surface area contributed by atoms with Gasteiger partial charge in [0.15, 0.2) is 0 Å². The second-order valence-corrected chi connectivity index (χ2v) is 8.82.